The minimum absolute atomic E-state index is 0.548. The van der Waals surface area contributed by atoms with E-state index in [4.69, 9.17) is 16.0 Å². The molecule has 0 radical (unpaired) electrons. The topological polar surface area (TPSA) is 25.5 Å². The van der Waals surface area contributed by atoms with Gasteiger partial charge in [0.15, 0.2) is 5.09 Å². The molecule has 0 saturated heterocycles. The van der Waals surface area contributed by atoms with Gasteiger partial charge in [-0.15, -0.1) is 12.6 Å². The molecule has 0 spiro atoms. The van der Waals surface area contributed by atoms with E-state index in [2.05, 4.69) is 17.6 Å². The lowest BCUT2D eigenvalue weighted by Gasteiger charge is -1.93. The molecule has 1 aromatic heterocycles. The van der Waals surface area contributed by atoms with Crippen LogP contribution in [-0.4, -0.2) is 6.21 Å². The van der Waals surface area contributed by atoms with Crippen LogP contribution >= 0.6 is 24.2 Å². The molecule has 0 fully saturated rings. The van der Waals surface area contributed by atoms with Gasteiger partial charge in [0, 0.05) is 22.4 Å². The fourth-order valence-corrected chi connectivity index (χ4v) is 2.25. The molecule has 0 amide bonds. The highest BCUT2D eigenvalue weighted by molar-refractivity contribution is 7.80. The second-order valence-electron chi connectivity index (χ2n) is 4.47. The lowest BCUT2D eigenvalue weighted by atomic mass is 10.1. The number of furan rings is 1. The van der Waals surface area contributed by atoms with Gasteiger partial charge in [-0.3, -0.25) is 4.99 Å². The van der Waals surface area contributed by atoms with Gasteiger partial charge >= 0.3 is 0 Å². The number of thiol groups is 1. The van der Waals surface area contributed by atoms with Gasteiger partial charge in [-0.05, 0) is 30.3 Å². The van der Waals surface area contributed by atoms with Crippen LogP contribution in [0.1, 0.15) is 5.56 Å². The van der Waals surface area contributed by atoms with Gasteiger partial charge in [0.2, 0.25) is 0 Å². The first-order valence-corrected chi connectivity index (χ1v) is 7.23. The molecule has 0 aliphatic heterocycles. The number of hydrogen-bond acceptors (Lipinski definition) is 3. The lowest BCUT2D eigenvalue weighted by Crippen LogP contribution is -1.76. The Morgan fingerprint density at radius 2 is 1.71 bits per heavy atom. The monoisotopic (exact) mass is 313 g/mol. The normalized spacial score (nSPS) is 11.1. The molecule has 3 rings (SSSR count). The predicted octanol–water partition coefficient (Wildman–Crippen LogP) is 5.64. The van der Waals surface area contributed by atoms with Gasteiger partial charge in [-0.2, -0.15) is 0 Å². The van der Waals surface area contributed by atoms with Crippen LogP contribution in [-0.2, 0) is 0 Å². The lowest BCUT2D eigenvalue weighted by molar-refractivity contribution is 0.489. The molecule has 0 aliphatic rings. The highest BCUT2D eigenvalue weighted by atomic mass is 35.5. The van der Waals surface area contributed by atoms with Gasteiger partial charge in [0.1, 0.15) is 5.76 Å². The van der Waals surface area contributed by atoms with Crippen molar-refractivity contribution in [3.8, 4) is 11.3 Å². The first kappa shape index (κ1) is 14.0. The van der Waals surface area contributed by atoms with Crippen molar-refractivity contribution in [1.82, 2.24) is 0 Å². The first-order chi connectivity index (χ1) is 10.2. The summed E-state index contributed by atoms with van der Waals surface area (Å²) in [6.07, 6.45) is 1.74. The van der Waals surface area contributed by atoms with Gasteiger partial charge in [-0.25, -0.2) is 0 Å². The molecule has 0 N–H and O–H groups in total. The molecule has 0 aliphatic carbocycles. The van der Waals surface area contributed by atoms with E-state index >= 15 is 0 Å². The molecule has 0 saturated carbocycles. The number of halogens is 1. The summed E-state index contributed by atoms with van der Waals surface area (Å²) in [7, 11) is 0. The molecule has 0 atom stereocenters. The summed E-state index contributed by atoms with van der Waals surface area (Å²) in [6.45, 7) is 0. The Hall–Kier alpha value is -1.97. The second kappa shape index (κ2) is 6.20. The quantitative estimate of drug-likeness (QED) is 0.491. The third-order valence-electron chi connectivity index (χ3n) is 2.98. The Morgan fingerprint density at radius 3 is 2.43 bits per heavy atom. The Bertz CT molecular complexity index is 763. The summed E-state index contributed by atoms with van der Waals surface area (Å²) in [5, 5.41) is 1.24. The Kier molecular flexibility index (Phi) is 4.13. The van der Waals surface area contributed by atoms with E-state index in [0.29, 0.717) is 10.1 Å². The van der Waals surface area contributed by atoms with E-state index in [1.807, 2.05) is 48.5 Å². The maximum absolute atomic E-state index is 5.85. The summed E-state index contributed by atoms with van der Waals surface area (Å²) in [6, 6.07) is 19.1. The van der Waals surface area contributed by atoms with Crippen LogP contribution in [0.4, 0.5) is 5.69 Å². The van der Waals surface area contributed by atoms with Crippen LogP contribution < -0.4 is 0 Å². The summed E-state index contributed by atoms with van der Waals surface area (Å²) < 4.78 is 5.66. The van der Waals surface area contributed by atoms with Gasteiger partial charge < -0.3 is 4.42 Å². The van der Waals surface area contributed by atoms with Crippen molar-refractivity contribution in [3.63, 3.8) is 0 Å². The molecule has 4 heteroatoms. The molecule has 21 heavy (non-hydrogen) atoms. The smallest absolute Gasteiger partial charge is 0.166 e. The van der Waals surface area contributed by atoms with E-state index < -0.39 is 0 Å². The minimum Gasteiger partial charge on any atom is -0.449 e. The summed E-state index contributed by atoms with van der Waals surface area (Å²) in [4.78, 5) is 4.39. The van der Waals surface area contributed by atoms with E-state index in [1.54, 1.807) is 18.3 Å². The third-order valence-corrected chi connectivity index (χ3v) is 3.58. The van der Waals surface area contributed by atoms with Gasteiger partial charge in [-0.1, -0.05) is 41.9 Å². The van der Waals surface area contributed by atoms with Crippen LogP contribution in [0.25, 0.3) is 11.3 Å². The maximum atomic E-state index is 5.85. The molecule has 0 bridgehead atoms. The first-order valence-electron chi connectivity index (χ1n) is 6.40. The SMILES string of the molecule is Sc1oc(-c2ccccc2)cc1C=Nc1ccc(Cl)cc1. The van der Waals surface area contributed by atoms with E-state index in [9.17, 15) is 0 Å². The summed E-state index contributed by atoms with van der Waals surface area (Å²) in [5.74, 6) is 0.776. The summed E-state index contributed by atoms with van der Waals surface area (Å²) >= 11 is 10.2. The van der Waals surface area contributed by atoms with Crippen molar-refractivity contribution >= 4 is 36.1 Å². The van der Waals surface area contributed by atoms with Crippen molar-refractivity contribution in [3.05, 3.63) is 71.2 Å². The van der Waals surface area contributed by atoms with E-state index in [1.165, 1.54) is 0 Å². The number of aliphatic imine (C=N–C) groups is 1. The largest absolute Gasteiger partial charge is 0.449 e. The van der Waals surface area contributed by atoms with Crippen LogP contribution in [0.5, 0.6) is 0 Å². The van der Waals surface area contributed by atoms with Crippen molar-refractivity contribution in [2.45, 2.75) is 5.09 Å². The zero-order valence-corrected chi connectivity index (χ0v) is 12.7. The molecule has 104 valence electrons. The predicted molar refractivity (Wildman–Crippen MR) is 90.1 cm³/mol. The molecular weight excluding hydrogens is 302 g/mol. The standard InChI is InChI=1S/C17H12ClNOS/c18-14-6-8-15(9-7-14)19-11-13-10-16(20-17(13)21)12-4-2-1-3-5-12/h1-11,21H. The van der Waals surface area contributed by atoms with Crippen molar-refractivity contribution in [1.29, 1.82) is 0 Å². The molecular formula is C17H12ClNOS. The highest BCUT2D eigenvalue weighted by Gasteiger charge is 2.07. The number of nitrogens with zero attached hydrogens (tertiary/aromatic N) is 1. The zero-order valence-electron chi connectivity index (χ0n) is 11.0. The molecule has 3 aromatic rings. The third kappa shape index (κ3) is 3.38. The van der Waals surface area contributed by atoms with Gasteiger partial charge in [0.25, 0.3) is 0 Å². The Morgan fingerprint density at radius 1 is 1.00 bits per heavy atom. The zero-order chi connectivity index (χ0) is 14.7. The number of rotatable bonds is 3. The fourth-order valence-electron chi connectivity index (χ4n) is 1.90. The minimum atomic E-state index is 0.548. The van der Waals surface area contributed by atoms with Crippen LogP contribution in [0.3, 0.4) is 0 Å². The number of hydrogen-bond donors (Lipinski definition) is 1. The Balaban J connectivity index is 1.86. The average Bonchev–Trinajstić information content (AvgIpc) is 2.89. The van der Waals surface area contributed by atoms with Crippen LogP contribution in [0.2, 0.25) is 5.02 Å². The fraction of sp³-hybridized carbons (Fsp3) is 0. The maximum Gasteiger partial charge on any atom is 0.166 e. The Labute approximate surface area is 133 Å². The van der Waals surface area contributed by atoms with Crippen molar-refractivity contribution in [2.75, 3.05) is 0 Å². The van der Waals surface area contributed by atoms with E-state index in [-0.39, 0.29) is 0 Å². The molecule has 0 unspecified atom stereocenters. The molecule has 2 nitrogen and oxygen atoms in total. The average molecular weight is 314 g/mol. The van der Waals surface area contributed by atoms with Crippen molar-refractivity contribution < 1.29 is 4.42 Å². The van der Waals surface area contributed by atoms with Crippen molar-refractivity contribution in [2.24, 2.45) is 4.99 Å². The second-order valence-corrected chi connectivity index (χ2v) is 5.31. The van der Waals surface area contributed by atoms with Gasteiger partial charge in [0.05, 0.1) is 5.69 Å². The van der Waals surface area contributed by atoms with Crippen LogP contribution in [0.15, 0.2) is 75.2 Å². The summed E-state index contributed by atoms with van der Waals surface area (Å²) in [5.41, 5.74) is 2.68. The van der Waals surface area contributed by atoms with Crippen LogP contribution in [0, 0.1) is 0 Å². The molecule has 2 aromatic carbocycles. The highest BCUT2D eigenvalue weighted by Crippen LogP contribution is 2.27. The number of benzene rings is 2. The molecule has 1 heterocycles. The van der Waals surface area contributed by atoms with E-state index in [0.717, 1.165) is 22.6 Å².